The molecule has 1 unspecified atom stereocenters. The minimum atomic E-state index is -0.260. The monoisotopic (exact) mass is 397 g/mol. The zero-order chi connectivity index (χ0) is 19.7. The first-order valence-electron chi connectivity index (χ1n) is 9.57. The molecule has 1 amide bonds. The maximum Gasteiger partial charge on any atom is 0.310 e. The van der Waals surface area contributed by atoms with Crippen LogP contribution in [0.15, 0.2) is 35.8 Å². The average molecular weight is 398 g/mol. The highest BCUT2D eigenvalue weighted by molar-refractivity contribution is 7.15. The largest absolute Gasteiger partial charge is 0.466 e. The van der Waals surface area contributed by atoms with Gasteiger partial charge in [0, 0.05) is 30.2 Å². The smallest absolute Gasteiger partial charge is 0.310 e. The summed E-state index contributed by atoms with van der Waals surface area (Å²) in [6.07, 6.45) is 3.49. The number of fused-ring (bicyclic) bond motifs is 1. The molecule has 2 aromatic heterocycles. The second-order valence-electron chi connectivity index (χ2n) is 7.07. The van der Waals surface area contributed by atoms with Crippen molar-refractivity contribution in [3.63, 3.8) is 0 Å². The van der Waals surface area contributed by atoms with Crippen LogP contribution in [0.5, 0.6) is 0 Å². The van der Waals surface area contributed by atoms with E-state index in [1.807, 2.05) is 47.2 Å². The zero-order valence-corrected chi connectivity index (χ0v) is 16.9. The van der Waals surface area contributed by atoms with Gasteiger partial charge in [0.05, 0.1) is 18.2 Å². The van der Waals surface area contributed by atoms with Crippen LogP contribution in [0.3, 0.4) is 0 Å². The lowest BCUT2D eigenvalue weighted by Crippen LogP contribution is -2.43. The lowest BCUT2D eigenvalue weighted by atomic mass is 9.97. The number of imidazole rings is 1. The predicted octanol–water partition coefficient (Wildman–Crippen LogP) is 3.79. The molecule has 1 atom stereocenters. The summed E-state index contributed by atoms with van der Waals surface area (Å²) < 4.78 is 7.13. The Kier molecular flexibility index (Phi) is 5.17. The maximum atomic E-state index is 13.4. The molecule has 1 saturated heterocycles. The lowest BCUT2D eigenvalue weighted by Gasteiger charge is -2.31. The summed E-state index contributed by atoms with van der Waals surface area (Å²) >= 11 is 1.50. The summed E-state index contributed by atoms with van der Waals surface area (Å²) in [6, 6.07) is 8.11. The van der Waals surface area contributed by atoms with E-state index in [0.717, 1.165) is 34.6 Å². The molecule has 3 aromatic rings. The first-order valence-corrected chi connectivity index (χ1v) is 10.4. The van der Waals surface area contributed by atoms with Crippen molar-refractivity contribution in [2.75, 3.05) is 19.7 Å². The van der Waals surface area contributed by atoms with Crippen LogP contribution >= 0.6 is 11.3 Å². The Morgan fingerprint density at radius 1 is 1.29 bits per heavy atom. The Morgan fingerprint density at radius 3 is 2.82 bits per heavy atom. The molecule has 0 bridgehead atoms. The van der Waals surface area contributed by atoms with Crippen molar-refractivity contribution in [1.82, 2.24) is 14.3 Å². The summed E-state index contributed by atoms with van der Waals surface area (Å²) in [5.74, 6) is -0.603. The fourth-order valence-electron chi connectivity index (χ4n) is 3.69. The molecule has 0 spiro atoms. The van der Waals surface area contributed by atoms with Crippen LogP contribution in [-0.4, -0.2) is 45.9 Å². The standard InChI is InChI=1S/C21H23N3O3S/c1-3-27-20(26)16-5-4-10-23(13-16)19(25)17-18(15-8-6-14(2)7-9-15)24-11-12-28-21(24)22-17/h6-9,11-12,16H,3-5,10,13H2,1-2H3. The van der Waals surface area contributed by atoms with Crippen molar-refractivity contribution < 1.29 is 14.3 Å². The number of rotatable bonds is 4. The van der Waals surface area contributed by atoms with Gasteiger partial charge in [-0.3, -0.25) is 14.0 Å². The van der Waals surface area contributed by atoms with Gasteiger partial charge in [-0.05, 0) is 26.7 Å². The van der Waals surface area contributed by atoms with Gasteiger partial charge in [-0.2, -0.15) is 0 Å². The Balaban J connectivity index is 1.68. The number of hydrogen-bond acceptors (Lipinski definition) is 5. The fraction of sp³-hybridized carbons (Fsp3) is 0.381. The number of benzene rings is 1. The molecular formula is C21H23N3O3S. The topological polar surface area (TPSA) is 63.9 Å². The minimum Gasteiger partial charge on any atom is -0.466 e. The van der Waals surface area contributed by atoms with Gasteiger partial charge >= 0.3 is 5.97 Å². The number of thiazole rings is 1. The minimum absolute atomic E-state index is 0.125. The summed E-state index contributed by atoms with van der Waals surface area (Å²) in [6.45, 7) is 5.21. The highest BCUT2D eigenvalue weighted by atomic mass is 32.1. The number of carbonyl (C=O) groups is 2. The molecule has 0 N–H and O–H groups in total. The number of carbonyl (C=O) groups excluding carboxylic acids is 2. The van der Waals surface area contributed by atoms with Crippen molar-refractivity contribution in [1.29, 1.82) is 0 Å². The van der Waals surface area contributed by atoms with Crippen LogP contribution in [0.2, 0.25) is 0 Å². The van der Waals surface area contributed by atoms with E-state index in [9.17, 15) is 9.59 Å². The summed E-state index contributed by atoms with van der Waals surface area (Å²) in [5, 5.41) is 1.96. The van der Waals surface area contributed by atoms with Gasteiger partial charge in [0.15, 0.2) is 10.7 Å². The highest BCUT2D eigenvalue weighted by Gasteiger charge is 2.32. The van der Waals surface area contributed by atoms with Crippen LogP contribution < -0.4 is 0 Å². The Hall–Kier alpha value is -2.67. The molecule has 1 fully saturated rings. The number of esters is 1. The first-order chi connectivity index (χ1) is 13.6. The Labute approximate surface area is 167 Å². The third-order valence-corrected chi connectivity index (χ3v) is 5.87. The number of aryl methyl sites for hydroxylation is 1. The predicted molar refractivity (Wildman–Crippen MR) is 109 cm³/mol. The summed E-state index contributed by atoms with van der Waals surface area (Å²) in [4.78, 5) is 32.7. The van der Waals surface area contributed by atoms with Crippen LogP contribution in [0, 0.1) is 12.8 Å². The molecule has 0 saturated carbocycles. The van der Waals surface area contributed by atoms with Crippen molar-refractivity contribution in [3.8, 4) is 11.3 Å². The molecule has 1 aliphatic rings. The third-order valence-electron chi connectivity index (χ3n) is 5.12. The van der Waals surface area contributed by atoms with Gasteiger partial charge in [-0.1, -0.05) is 29.8 Å². The molecule has 1 aromatic carbocycles. The van der Waals surface area contributed by atoms with Gasteiger partial charge in [-0.25, -0.2) is 4.98 Å². The summed E-state index contributed by atoms with van der Waals surface area (Å²) in [5.41, 5.74) is 3.37. The van der Waals surface area contributed by atoms with E-state index in [-0.39, 0.29) is 17.8 Å². The average Bonchev–Trinajstić information content (AvgIpc) is 3.30. The Bertz CT molecular complexity index is 1010. The molecule has 146 valence electrons. The second kappa shape index (κ2) is 7.75. The van der Waals surface area contributed by atoms with Gasteiger partial charge in [0.2, 0.25) is 0 Å². The third kappa shape index (κ3) is 3.42. The highest BCUT2D eigenvalue weighted by Crippen LogP contribution is 2.30. The molecule has 0 radical (unpaired) electrons. The van der Waals surface area contributed by atoms with Gasteiger partial charge in [0.25, 0.3) is 5.91 Å². The van der Waals surface area contributed by atoms with E-state index in [4.69, 9.17) is 4.74 Å². The zero-order valence-electron chi connectivity index (χ0n) is 16.1. The molecular weight excluding hydrogens is 374 g/mol. The quantitative estimate of drug-likeness (QED) is 0.629. The van der Waals surface area contributed by atoms with Crippen molar-refractivity contribution in [2.45, 2.75) is 26.7 Å². The van der Waals surface area contributed by atoms with E-state index in [1.54, 1.807) is 11.8 Å². The van der Waals surface area contributed by atoms with Crippen LogP contribution in [0.4, 0.5) is 0 Å². The molecule has 6 nitrogen and oxygen atoms in total. The number of nitrogens with zero attached hydrogens (tertiary/aromatic N) is 3. The molecule has 3 heterocycles. The number of hydrogen-bond donors (Lipinski definition) is 0. The first kappa shape index (κ1) is 18.7. The van der Waals surface area contributed by atoms with E-state index in [1.165, 1.54) is 11.3 Å². The molecule has 7 heteroatoms. The molecule has 4 rings (SSSR count). The van der Waals surface area contributed by atoms with Crippen LogP contribution in [-0.2, 0) is 9.53 Å². The number of aromatic nitrogens is 2. The van der Waals surface area contributed by atoms with Crippen LogP contribution in [0.1, 0.15) is 35.8 Å². The van der Waals surface area contributed by atoms with Gasteiger partial charge < -0.3 is 9.64 Å². The van der Waals surface area contributed by atoms with E-state index in [0.29, 0.717) is 25.4 Å². The van der Waals surface area contributed by atoms with Crippen molar-refractivity contribution >= 4 is 28.2 Å². The van der Waals surface area contributed by atoms with E-state index in [2.05, 4.69) is 4.98 Å². The van der Waals surface area contributed by atoms with Crippen LogP contribution in [0.25, 0.3) is 16.2 Å². The Morgan fingerprint density at radius 2 is 2.07 bits per heavy atom. The van der Waals surface area contributed by atoms with Crippen molar-refractivity contribution in [2.24, 2.45) is 5.92 Å². The number of likely N-dealkylation sites (tertiary alicyclic amines) is 1. The number of ether oxygens (including phenoxy) is 1. The SMILES string of the molecule is CCOC(=O)C1CCCN(C(=O)c2nc3sccn3c2-c2ccc(C)cc2)C1. The molecule has 1 aliphatic heterocycles. The lowest BCUT2D eigenvalue weighted by molar-refractivity contribution is -0.149. The van der Waals surface area contributed by atoms with E-state index >= 15 is 0 Å². The maximum absolute atomic E-state index is 13.4. The number of amides is 1. The fourth-order valence-corrected chi connectivity index (χ4v) is 4.40. The van der Waals surface area contributed by atoms with Crippen molar-refractivity contribution in [3.05, 3.63) is 47.1 Å². The van der Waals surface area contributed by atoms with Gasteiger partial charge in [-0.15, -0.1) is 11.3 Å². The summed E-state index contributed by atoms with van der Waals surface area (Å²) in [7, 11) is 0. The molecule has 0 aliphatic carbocycles. The second-order valence-corrected chi connectivity index (χ2v) is 7.95. The normalized spacial score (nSPS) is 17.1. The van der Waals surface area contributed by atoms with E-state index < -0.39 is 0 Å². The number of piperidine rings is 1. The van der Waals surface area contributed by atoms with Gasteiger partial charge in [0.1, 0.15) is 0 Å². The molecule has 28 heavy (non-hydrogen) atoms.